The first-order valence-corrected chi connectivity index (χ1v) is 9.10. The molecule has 2 fully saturated rings. The number of amides is 4. The Morgan fingerprint density at radius 3 is 1.96 bits per heavy atom. The molecule has 24 heavy (non-hydrogen) atoms. The molecule has 0 radical (unpaired) electrons. The minimum absolute atomic E-state index is 0.00966. The summed E-state index contributed by atoms with van der Waals surface area (Å²) in [6.07, 6.45) is 1.58. The molecule has 2 heterocycles. The molecule has 0 saturated carbocycles. The number of β-amino-alcohol motifs (C(OH)–C–C–N with tert-alkyl or cyclic N) is 1. The number of carbonyl (C=O) groups excluding carboxylic acids is 4. The van der Waals surface area contributed by atoms with Gasteiger partial charge in [-0.25, -0.2) is 0 Å². The van der Waals surface area contributed by atoms with Gasteiger partial charge in [-0.05, 0) is 6.42 Å². The molecule has 0 bridgehead atoms. The number of hydrogen-bond acceptors (Lipinski definition) is 7. The molecule has 2 aliphatic rings. The first-order valence-electron chi connectivity index (χ1n) is 7.25. The average molecular weight is 364 g/mol. The zero-order valence-corrected chi connectivity index (χ0v) is 14.0. The minimum Gasteiger partial charge on any atom is -0.395 e. The van der Waals surface area contributed by atoms with Crippen LogP contribution in [0.4, 0.5) is 0 Å². The Morgan fingerprint density at radius 2 is 1.50 bits per heavy atom. The summed E-state index contributed by atoms with van der Waals surface area (Å²) >= 11 is 0. The van der Waals surface area contributed by atoms with Crippen molar-refractivity contribution >= 4 is 33.7 Å². The topological polar surface area (TPSA) is 149 Å². The number of aliphatic hydroxyl groups excluding tert-OH is 1. The molecule has 11 heteroatoms. The van der Waals surface area contributed by atoms with Gasteiger partial charge in [0.15, 0.2) is 0 Å². The maximum Gasteiger partial charge on any atom is 0.261 e. The van der Waals surface area contributed by atoms with E-state index in [0.717, 1.165) is 9.80 Å². The highest BCUT2D eigenvalue weighted by molar-refractivity contribution is 7.85. The molecule has 4 amide bonds. The highest BCUT2D eigenvalue weighted by Crippen LogP contribution is 2.24. The summed E-state index contributed by atoms with van der Waals surface area (Å²) in [7, 11) is -3.67. The third-order valence-electron chi connectivity index (χ3n) is 3.52. The van der Waals surface area contributed by atoms with Crippen molar-refractivity contribution in [1.29, 1.82) is 0 Å². The van der Waals surface area contributed by atoms with Crippen LogP contribution in [-0.2, 0) is 29.3 Å². The van der Waals surface area contributed by atoms with Crippen molar-refractivity contribution in [3.05, 3.63) is 0 Å². The second-order valence-electron chi connectivity index (χ2n) is 5.47. The van der Waals surface area contributed by atoms with Gasteiger partial charge in [-0.15, -0.1) is 0 Å². The predicted molar refractivity (Wildman–Crippen MR) is 80.0 cm³/mol. The van der Waals surface area contributed by atoms with Gasteiger partial charge in [0.1, 0.15) is 0 Å². The summed E-state index contributed by atoms with van der Waals surface area (Å²) < 4.78 is 25.9. The highest BCUT2D eigenvalue weighted by atomic mass is 32.2. The van der Waals surface area contributed by atoms with Crippen LogP contribution < -0.4 is 0 Å². The van der Waals surface area contributed by atoms with Crippen molar-refractivity contribution in [2.75, 3.05) is 26.0 Å². The van der Waals surface area contributed by atoms with E-state index in [0.29, 0.717) is 12.7 Å². The summed E-state index contributed by atoms with van der Waals surface area (Å²) in [6.45, 7) is -0.0582. The minimum atomic E-state index is -3.67. The molecule has 1 atom stereocenters. The molecule has 2 aliphatic heterocycles. The summed E-state index contributed by atoms with van der Waals surface area (Å²) in [4.78, 5) is 48.5. The van der Waals surface area contributed by atoms with Gasteiger partial charge in [-0.3, -0.25) is 33.5 Å². The number of aliphatic hydroxyl groups is 1. The van der Waals surface area contributed by atoms with Crippen molar-refractivity contribution < 1.29 is 37.3 Å². The van der Waals surface area contributed by atoms with Gasteiger partial charge < -0.3 is 5.11 Å². The number of rotatable bonds is 5. The van der Waals surface area contributed by atoms with Crippen molar-refractivity contribution in [2.45, 2.75) is 25.7 Å². The largest absolute Gasteiger partial charge is 0.395 e. The van der Waals surface area contributed by atoms with E-state index in [1.165, 1.54) is 0 Å². The number of imide groups is 2. The lowest BCUT2D eigenvalue weighted by molar-refractivity contribution is -0.142. The van der Waals surface area contributed by atoms with E-state index in [1.807, 2.05) is 0 Å². The van der Waals surface area contributed by atoms with Gasteiger partial charge in [-0.2, -0.15) is 8.42 Å². The molecule has 2 N–H and O–H groups in total. The highest BCUT2D eigenvalue weighted by Gasteiger charge is 2.39. The maximum absolute atomic E-state index is 11.9. The normalized spacial score (nSPS) is 21.4. The summed E-state index contributed by atoms with van der Waals surface area (Å²) in [5.74, 6) is -1.54. The average Bonchev–Trinajstić information content (AvgIpc) is 2.90. The molecular formula is C13H20N2O8S. The lowest BCUT2D eigenvalue weighted by Gasteiger charge is -2.16. The molecule has 10 nitrogen and oxygen atoms in total. The number of nitrogens with zero attached hydrogens (tertiary/aromatic N) is 2. The lowest BCUT2D eigenvalue weighted by atomic mass is 10.0. The Balaban J connectivity index is 0.000000505. The fourth-order valence-corrected chi connectivity index (χ4v) is 2.47. The van der Waals surface area contributed by atoms with Crippen LogP contribution in [0, 0.1) is 5.92 Å². The Bertz CT molecular complexity index is 606. The third-order valence-corrected chi connectivity index (χ3v) is 3.52. The quantitative estimate of drug-likeness (QED) is 0.437. The molecule has 0 aromatic carbocycles. The van der Waals surface area contributed by atoms with E-state index in [4.69, 9.17) is 9.66 Å². The van der Waals surface area contributed by atoms with Gasteiger partial charge in [-0.1, -0.05) is 0 Å². The van der Waals surface area contributed by atoms with Gasteiger partial charge in [0.2, 0.25) is 23.6 Å². The van der Waals surface area contributed by atoms with Crippen LogP contribution >= 0.6 is 0 Å². The first-order chi connectivity index (χ1) is 11.0. The van der Waals surface area contributed by atoms with Gasteiger partial charge in [0.05, 0.1) is 19.4 Å². The first kappa shape index (κ1) is 20.2. The van der Waals surface area contributed by atoms with Crippen molar-refractivity contribution in [3.8, 4) is 0 Å². The van der Waals surface area contributed by atoms with Crippen LogP contribution in [-0.4, -0.2) is 77.5 Å². The Hall–Kier alpha value is -1.85. The van der Waals surface area contributed by atoms with Crippen LogP contribution in [0.15, 0.2) is 0 Å². The Kier molecular flexibility index (Phi) is 6.99. The molecule has 1 unspecified atom stereocenters. The van der Waals surface area contributed by atoms with E-state index in [1.54, 1.807) is 0 Å². The summed E-state index contributed by atoms with van der Waals surface area (Å²) in [5.41, 5.74) is 0. The molecule has 0 aliphatic carbocycles. The fraction of sp³-hybridized carbons (Fsp3) is 0.692. The molecule has 0 spiro atoms. The molecule has 0 aromatic heterocycles. The van der Waals surface area contributed by atoms with E-state index >= 15 is 0 Å². The molecule has 2 rings (SSSR count). The van der Waals surface area contributed by atoms with Gasteiger partial charge >= 0.3 is 0 Å². The SMILES string of the molecule is CS(=O)(=O)O.O=C1CCC(=O)N1CCC1CC(=O)N(CCO)C1=O. The number of carbonyl (C=O) groups is 4. The summed E-state index contributed by atoms with van der Waals surface area (Å²) in [5, 5.41) is 8.78. The Morgan fingerprint density at radius 1 is 1.00 bits per heavy atom. The van der Waals surface area contributed by atoms with Crippen molar-refractivity contribution in [1.82, 2.24) is 9.80 Å². The van der Waals surface area contributed by atoms with E-state index in [-0.39, 0.29) is 62.6 Å². The Labute approximate surface area is 139 Å². The van der Waals surface area contributed by atoms with Gasteiger partial charge in [0, 0.05) is 31.7 Å². The molecule has 2 saturated heterocycles. The lowest BCUT2D eigenvalue weighted by Crippen LogP contribution is -2.35. The van der Waals surface area contributed by atoms with Crippen LogP contribution in [0.1, 0.15) is 25.7 Å². The molecular weight excluding hydrogens is 344 g/mol. The van der Waals surface area contributed by atoms with E-state index in [2.05, 4.69) is 0 Å². The zero-order valence-electron chi connectivity index (χ0n) is 13.2. The molecule has 136 valence electrons. The van der Waals surface area contributed by atoms with Crippen LogP contribution in [0.3, 0.4) is 0 Å². The fourth-order valence-electron chi connectivity index (χ4n) is 2.47. The van der Waals surface area contributed by atoms with Crippen LogP contribution in [0.25, 0.3) is 0 Å². The smallest absolute Gasteiger partial charge is 0.261 e. The predicted octanol–water partition coefficient (Wildman–Crippen LogP) is -1.60. The van der Waals surface area contributed by atoms with E-state index in [9.17, 15) is 27.6 Å². The van der Waals surface area contributed by atoms with Crippen molar-refractivity contribution in [2.24, 2.45) is 5.92 Å². The second kappa shape index (κ2) is 8.31. The molecule has 0 aromatic rings. The van der Waals surface area contributed by atoms with Crippen LogP contribution in [0.5, 0.6) is 0 Å². The zero-order chi connectivity index (χ0) is 18.5. The number of hydrogen-bond donors (Lipinski definition) is 2. The van der Waals surface area contributed by atoms with Crippen LogP contribution in [0.2, 0.25) is 0 Å². The van der Waals surface area contributed by atoms with Crippen molar-refractivity contribution in [3.63, 3.8) is 0 Å². The van der Waals surface area contributed by atoms with E-state index < -0.39 is 16.0 Å². The third kappa shape index (κ3) is 5.98. The summed E-state index contributed by atoms with van der Waals surface area (Å²) in [6, 6.07) is 0. The second-order valence-corrected chi connectivity index (χ2v) is 6.94. The standard InChI is InChI=1S/C12H16N2O5.CH4O3S/c15-6-5-14-11(18)7-8(12(14)19)3-4-13-9(16)1-2-10(13)17;1-5(2,3)4/h8,15H,1-7H2;1H3,(H,2,3,4). The maximum atomic E-state index is 11.9. The monoisotopic (exact) mass is 364 g/mol. The number of likely N-dealkylation sites (tertiary alicyclic amines) is 2. The van der Waals surface area contributed by atoms with Gasteiger partial charge in [0.25, 0.3) is 10.1 Å².